The predicted molar refractivity (Wildman–Crippen MR) is 103 cm³/mol. The van der Waals surface area contributed by atoms with E-state index in [1.54, 1.807) is 0 Å². The van der Waals surface area contributed by atoms with Gasteiger partial charge in [0.1, 0.15) is 17.2 Å². The molecule has 0 saturated carbocycles. The first-order chi connectivity index (χ1) is 13.0. The van der Waals surface area contributed by atoms with Crippen LogP contribution in [0.15, 0.2) is 28.7 Å². The molecular weight excluding hydrogens is 342 g/mol. The van der Waals surface area contributed by atoms with Gasteiger partial charge in [0.15, 0.2) is 5.82 Å². The zero-order valence-corrected chi connectivity index (χ0v) is 16.0. The molecule has 1 aliphatic rings. The number of amides is 2. The van der Waals surface area contributed by atoms with E-state index in [2.05, 4.69) is 20.7 Å². The summed E-state index contributed by atoms with van der Waals surface area (Å²) in [6.45, 7) is 6.67. The highest BCUT2D eigenvalue weighted by atomic mass is 16.3. The van der Waals surface area contributed by atoms with Crippen LogP contribution in [0.1, 0.15) is 49.3 Å². The quantitative estimate of drug-likeness (QED) is 0.741. The summed E-state index contributed by atoms with van der Waals surface area (Å²) in [4.78, 5) is 17.0. The van der Waals surface area contributed by atoms with Gasteiger partial charge in [-0.15, -0.1) is 0 Å². The molecule has 0 radical (unpaired) electrons. The maximum Gasteiger partial charge on any atom is 0.315 e. The van der Waals surface area contributed by atoms with Gasteiger partial charge in [0.2, 0.25) is 0 Å². The van der Waals surface area contributed by atoms with Crippen LogP contribution in [0.3, 0.4) is 0 Å². The van der Waals surface area contributed by atoms with E-state index in [9.17, 15) is 4.79 Å². The second-order valence-electron chi connectivity index (χ2n) is 7.14. The van der Waals surface area contributed by atoms with Crippen LogP contribution in [-0.4, -0.2) is 26.8 Å². The molecule has 142 valence electrons. The normalized spacial score (nSPS) is 17.5. The molecule has 1 unspecified atom stereocenters. The van der Waals surface area contributed by atoms with Crippen LogP contribution < -0.4 is 10.6 Å². The zero-order chi connectivity index (χ0) is 19.0. The Bertz CT molecular complexity index is 974. The van der Waals surface area contributed by atoms with Crippen molar-refractivity contribution >= 4 is 17.0 Å². The summed E-state index contributed by atoms with van der Waals surface area (Å²) in [5.74, 6) is 2.67. The Morgan fingerprint density at radius 2 is 2.22 bits per heavy atom. The Morgan fingerprint density at radius 1 is 1.41 bits per heavy atom. The molecule has 27 heavy (non-hydrogen) atoms. The number of hydrogen-bond acceptors (Lipinski definition) is 4. The molecule has 1 aromatic carbocycles. The van der Waals surface area contributed by atoms with Crippen molar-refractivity contribution < 1.29 is 9.21 Å². The molecule has 7 heteroatoms. The summed E-state index contributed by atoms with van der Waals surface area (Å²) < 4.78 is 7.86. The molecule has 4 rings (SSSR count). The lowest BCUT2D eigenvalue weighted by Gasteiger charge is -2.24. The molecular formula is C20H25N5O2. The highest BCUT2D eigenvalue weighted by Crippen LogP contribution is 2.29. The van der Waals surface area contributed by atoms with E-state index < -0.39 is 0 Å². The van der Waals surface area contributed by atoms with Gasteiger partial charge in [-0.05, 0) is 26.3 Å². The Labute approximate surface area is 158 Å². The average Bonchev–Trinajstić information content (AvgIpc) is 3.22. The number of urea groups is 1. The summed E-state index contributed by atoms with van der Waals surface area (Å²) in [7, 11) is 0. The van der Waals surface area contributed by atoms with Gasteiger partial charge in [0, 0.05) is 23.8 Å². The maximum absolute atomic E-state index is 12.5. The van der Waals surface area contributed by atoms with Crippen LogP contribution in [0.2, 0.25) is 0 Å². The van der Waals surface area contributed by atoms with Gasteiger partial charge in [0.25, 0.3) is 0 Å². The van der Waals surface area contributed by atoms with Gasteiger partial charge < -0.3 is 15.1 Å². The standard InChI is InChI=1S/C20H25N5O2/c1-4-17-23-18-10-9-14(11-25(18)24-17)22-20(26)21-13(3)19-12(2)15-7-5-6-8-16(15)27-19/h5-8,13-14H,4,9-11H2,1-3H3,(H2,21,22,26)/t13-,14?/m1/s1. The molecule has 0 fully saturated rings. The van der Waals surface area contributed by atoms with Crippen LogP contribution in [-0.2, 0) is 19.4 Å². The second kappa shape index (κ2) is 7.06. The molecule has 3 heterocycles. The van der Waals surface area contributed by atoms with Gasteiger partial charge >= 0.3 is 6.03 Å². The van der Waals surface area contributed by atoms with Crippen molar-refractivity contribution in [1.82, 2.24) is 25.4 Å². The lowest BCUT2D eigenvalue weighted by atomic mass is 10.1. The van der Waals surface area contributed by atoms with E-state index in [1.165, 1.54) is 0 Å². The fourth-order valence-corrected chi connectivity index (χ4v) is 3.72. The van der Waals surface area contributed by atoms with E-state index in [0.29, 0.717) is 6.54 Å². The van der Waals surface area contributed by atoms with Gasteiger partial charge in [-0.2, -0.15) is 5.10 Å². The first-order valence-corrected chi connectivity index (χ1v) is 9.52. The number of furan rings is 1. The number of rotatable bonds is 4. The monoisotopic (exact) mass is 367 g/mol. The summed E-state index contributed by atoms with van der Waals surface area (Å²) in [6, 6.07) is 7.57. The Balaban J connectivity index is 1.39. The van der Waals surface area contributed by atoms with E-state index >= 15 is 0 Å². The molecule has 7 nitrogen and oxygen atoms in total. The summed E-state index contributed by atoms with van der Waals surface area (Å²) >= 11 is 0. The fraction of sp³-hybridized carbons (Fsp3) is 0.450. The fourth-order valence-electron chi connectivity index (χ4n) is 3.72. The topological polar surface area (TPSA) is 85.0 Å². The van der Waals surface area contributed by atoms with E-state index in [4.69, 9.17) is 4.42 Å². The SMILES string of the molecule is CCc1nc2n(n1)CC(NC(=O)N[C@H](C)c1oc3ccccc3c1C)CC2. The van der Waals surface area contributed by atoms with Crippen molar-refractivity contribution in [1.29, 1.82) is 0 Å². The first kappa shape index (κ1) is 17.6. The average molecular weight is 367 g/mol. The number of carbonyl (C=O) groups excluding carboxylic acids is 1. The van der Waals surface area contributed by atoms with Gasteiger partial charge in [-0.25, -0.2) is 14.5 Å². The summed E-state index contributed by atoms with van der Waals surface area (Å²) in [6.07, 6.45) is 2.52. The molecule has 0 bridgehead atoms. The summed E-state index contributed by atoms with van der Waals surface area (Å²) in [5.41, 5.74) is 1.91. The predicted octanol–water partition coefficient (Wildman–Crippen LogP) is 3.27. The van der Waals surface area contributed by atoms with E-state index in [1.807, 2.05) is 49.7 Å². The van der Waals surface area contributed by atoms with Gasteiger partial charge in [-0.1, -0.05) is 25.1 Å². The smallest absolute Gasteiger partial charge is 0.315 e. The van der Waals surface area contributed by atoms with Crippen molar-refractivity contribution in [3.63, 3.8) is 0 Å². The molecule has 2 N–H and O–H groups in total. The molecule has 2 amide bonds. The van der Waals surface area contributed by atoms with Crippen LogP contribution >= 0.6 is 0 Å². The Morgan fingerprint density at radius 3 is 3.00 bits per heavy atom. The van der Waals surface area contributed by atoms with E-state index in [0.717, 1.165) is 53.2 Å². The highest BCUT2D eigenvalue weighted by molar-refractivity contribution is 5.82. The number of aromatic nitrogens is 3. The Hall–Kier alpha value is -2.83. The van der Waals surface area contributed by atoms with Crippen LogP contribution in [0, 0.1) is 6.92 Å². The lowest BCUT2D eigenvalue weighted by molar-refractivity contribution is 0.227. The lowest BCUT2D eigenvalue weighted by Crippen LogP contribution is -2.46. The number of para-hydroxylation sites is 1. The molecule has 0 spiro atoms. The highest BCUT2D eigenvalue weighted by Gasteiger charge is 2.24. The number of nitrogens with one attached hydrogen (secondary N) is 2. The second-order valence-corrected chi connectivity index (χ2v) is 7.14. The van der Waals surface area contributed by atoms with Crippen molar-refractivity contribution in [2.24, 2.45) is 0 Å². The van der Waals surface area contributed by atoms with Crippen molar-refractivity contribution in [2.45, 2.75) is 58.7 Å². The van der Waals surface area contributed by atoms with Crippen LogP contribution in [0.4, 0.5) is 4.79 Å². The minimum atomic E-state index is -0.213. The number of aryl methyl sites for hydroxylation is 3. The number of carbonyl (C=O) groups is 1. The molecule has 2 aromatic heterocycles. The van der Waals surface area contributed by atoms with Crippen molar-refractivity contribution in [3.8, 4) is 0 Å². The third kappa shape index (κ3) is 3.41. The summed E-state index contributed by atoms with van der Waals surface area (Å²) in [5, 5.41) is 11.6. The van der Waals surface area contributed by atoms with Crippen LogP contribution in [0.25, 0.3) is 11.0 Å². The number of benzene rings is 1. The third-order valence-electron chi connectivity index (χ3n) is 5.17. The third-order valence-corrected chi connectivity index (χ3v) is 5.17. The van der Waals surface area contributed by atoms with Gasteiger partial charge in [0.05, 0.1) is 18.6 Å². The molecule has 0 saturated heterocycles. The van der Waals surface area contributed by atoms with E-state index in [-0.39, 0.29) is 18.1 Å². The number of hydrogen-bond donors (Lipinski definition) is 2. The van der Waals surface area contributed by atoms with Crippen molar-refractivity contribution in [3.05, 3.63) is 47.2 Å². The molecule has 0 aliphatic carbocycles. The molecule has 1 aliphatic heterocycles. The Kier molecular flexibility index (Phi) is 4.59. The van der Waals surface area contributed by atoms with Crippen LogP contribution in [0.5, 0.6) is 0 Å². The molecule has 3 aromatic rings. The largest absolute Gasteiger partial charge is 0.459 e. The first-order valence-electron chi connectivity index (χ1n) is 9.52. The van der Waals surface area contributed by atoms with Gasteiger partial charge in [-0.3, -0.25) is 0 Å². The maximum atomic E-state index is 12.5. The number of nitrogens with zero attached hydrogens (tertiary/aromatic N) is 3. The molecule has 2 atom stereocenters. The van der Waals surface area contributed by atoms with Crippen molar-refractivity contribution in [2.75, 3.05) is 0 Å². The minimum Gasteiger partial charge on any atom is -0.459 e. The zero-order valence-electron chi connectivity index (χ0n) is 16.0. The minimum absolute atomic E-state index is 0.0490. The number of fused-ring (bicyclic) bond motifs is 2.